The highest BCUT2D eigenvalue weighted by Crippen LogP contribution is 2.52. The lowest BCUT2D eigenvalue weighted by Crippen LogP contribution is -2.37. The van der Waals surface area contributed by atoms with Crippen molar-refractivity contribution >= 4 is 54.5 Å². The predicted molar refractivity (Wildman–Crippen MR) is 142 cm³/mol. The highest BCUT2D eigenvalue weighted by atomic mass is 35.5. The van der Waals surface area contributed by atoms with Crippen molar-refractivity contribution in [3.8, 4) is 0 Å². The van der Waals surface area contributed by atoms with Crippen LogP contribution in [0.3, 0.4) is 0 Å². The van der Waals surface area contributed by atoms with Gasteiger partial charge in [-0.05, 0) is 34.0 Å². The average Bonchev–Trinajstić information content (AvgIpc) is 3.40. The zero-order chi connectivity index (χ0) is 27.9. The van der Waals surface area contributed by atoms with Crippen LogP contribution >= 0.6 is 26.7 Å². The van der Waals surface area contributed by atoms with Gasteiger partial charge in [-0.1, -0.05) is 36.4 Å². The summed E-state index contributed by atoms with van der Waals surface area (Å²) in [5, 5.41) is 28.5. The van der Waals surface area contributed by atoms with E-state index in [1.165, 1.54) is 10.9 Å². The number of aromatic nitrogens is 4. The molecule has 208 valence electrons. The van der Waals surface area contributed by atoms with E-state index in [0.717, 1.165) is 16.3 Å². The summed E-state index contributed by atoms with van der Waals surface area (Å²) in [6.07, 6.45) is -4.05. The highest BCUT2D eigenvalue weighted by Gasteiger charge is 2.45. The number of benzene rings is 2. The van der Waals surface area contributed by atoms with Crippen molar-refractivity contribution in [3.63, 3.8) is 0 Å². The van der Waals surface area contributed by atoms with E-state index >= 15 is 0 Å². The fraction of sp³-hybridized carbons (Fsp3) is 0.318. The minimum atomic E-state index is -4.77. The molecule has 17 heteroatoms. The second-order valence-corrected chi connectivity index (χ2v) is 13.6. The number of anilines is 1. The van der Waals surface area contributed by atoms with Gasteiger partial charge < -0.3 is 34.9 Å². The smallest absolute Gasteiger partial charge is 0.336 e. The average molecular weight is 599 g/mol. The van der Waals surface area contributed by atoms with Crippen LogP contribution in [0.5, 0.6) is 0 Å². The van der Waals surface area contributed by atoms with Crippen molar-refractivity contribution in [1.29, 1.82) is 0 Å². The van der Waals surface area contributed by atoms with E-state index in [4.69, 9.17) is 26.1 Å². The van der Waals surface area contributed by atoms with Crippen molar-refractivity contribution in [1.82, 2.24) is 24.6 Å². The Labute approximate surface area is 226 Å². The Balaban J connectivity index is 1.34. The van der Waals surface area contributed by atoms with E-state index in [-0.39, 0.29) is 10.9 Å². The molecular weight excluding hydrogens is 574 g/mol. The van der Waals surface area contributed by atoms with Gasteiger partial charge in [0.2, 0.25) is 5.28 Å². The number of hydrogen-bond donors (Lipinski definition) is 7. The number of aliphatic hydroxyl groups is 2. The van der Waals surface area contributed by atoms with Gasteiger partial charge in [-0.15, -0.1) is 0 Å². The van der Waals surface area contributed by atoms with Crippen molar-refractivity contribution < 1.29 is 38.8 Å². The molecular formula is C22H25ClN6O8P2. The number of aliphatic hydroxyl groups excluding tert-OH is 2. The minimum absolute atomic E-state index is 0.102. The van der Waals surface area contributed by atoms with Gasteiger partial charge in [-0.3, -0.25) is 13.7 Å². The predicted octanol–water partition coefficient (Wildman–Crippen LogP) is 1.77. The van der Waals surface area contributed by atoms with Crippen LogP contribution in [0.25, 0.3) is 21.9 Å². The van der Waals surface area contributed by atoms with Crippen LogP contribution in [-0.2, 0) is 20.4 Å². The Morgan fingerprint density at radius 3 is 2.51 bits per heavy atom. The van der Waals surface area contributed by atoms with Gasteiger partial charge >= 0.3 is 7.60 Å². The van der Waals surface area contributed by atoms with Gasteiger partial charge in [0.05, 0.1) is 6.33 Å². The molecule has 0 bridgehead atoms. The van der Waals surface area contributed by atoms with Crippen molar-refractivity contribution in [2.24, 2.45) is 0 Å². The molecule has 0 spiro atoms. The Bertz CT molecular complexity index is 1620. The number of nitrogens with zero attached hydrogens (tertiary/aromatic N) is 4. The highest BCUT2D eigenvalue weighted by molar-refractivity contribution is 7.71. The summed E-state index contributed by atoms with van der Waals surface area (Å²) in [6.45, 7) is -0.0611. The largest absolute Gasteiger partial charge is 0.387 e. The van der Waals surface area contributed by atoms with Crippen molar-refractivity contribution in [2.75, 3.05) is 17.8 Å². The molecule has 2 aromatic heterocycles. The van der Waals surface area contributed by atoms with E-state index in [2.05, 4.69) is 25.4 Å². The van der Waals surface area contributed by atoms with Gasteiger partial charge in [0.1, 0.15) is 24.2 Å². The van der Waals surface area contributed by atoms with Gasteiger partial charge in [0.25, 0.3) is 7.52 Å². The Hall–Kier alpha value is -2.48. The summed E-state index contributed by atoms with van der Waals surface area (Å²) < 4.78 is 30.2. The fourth-order valence-corrected chi connectivity index (χ4v) is 7.42. The molecule has 0 aliphatic carbocycles. The number of hydrogen-bond acceptors (Lipinski definition) is 9. The third-order valence-corrected chi connectivity index (χ3v) is 10.0. The van der Waals surface area contributed by atoms with Crippen LogP contribution < -0.4 is 10.4 Å². The van der Waals surface area contributed by atoms with Gasteiger partial charge in [-0.2, -0.15) is 9.97 Å². The standard InChI is InChI=1S/C22H25ClN6O8P2/c23-22-27-19(24-8-12-5-6-13-3-1-2-4-14(13)7-12)16-20(28-22)29(10-25-16)21-18(31)17(30)15(37-21)9-26-38(32,33)11-39(34,35)36/h1-7,10,15,17-18,21,30-31H,8-9,11H2,(H,24,27,28)(H2,26,32,33)(H2,34,35,36). The maximum Gasteiger partial charge on any atom is 0.336 e. The third-order valence-electron chi connectivity index (χ3n) is 6.19. The summed E-state index contributed by atoms with van der Waals surface area (Å²) in [7, 11) is -9.22. The zero-order valence-corrected chi connectivity index (χ0v) is 22.6. The van der Waals surface area contributed by atoms with Crippen molar-refractivity contribution in [2.45, 2.75) is 31.1 Å². The van der Waals surface area contributed by atoms with Crippen LogP contribution in [0.4, 0.5) is 5.82 Å². The monoisotopic (exact) mass is 598 g/mol. The summed E-state index contributed by atoms with van der Waals surface area (Å²) >= 11 is 6.18. The van der Waals surface area contributed by atoms with Gasteiger partial charge in [0, 0.05) is 13.1 Å². The lowest BCUT2D eigenvalue weighted by Gasteiger charge is -2.19. The molecule has 1 fully saturated rings. The molecule has 5 atom stereocenters. The maximum atomic E-state index is 12.1. The topological polar surface area (TPSA) is 212 Å². The molecule has 7 N–H and O–H groups in total. The molecule has 2 aromatic carbocycles. The normalized spacial score (nSPS) is 23.3. The SMILES string of the molecule is O=P(O)(O)CP(=O)(O)NCC1OC(n2cnc3c(NCc4ccc5ccccc5c4)nc(Cl)nc32)C(O)C1O. The molecule has 14 nitrogen and oxygen atoms in total. The third kappa shape index (κ3) is 6.31. The molecule has 1 saturated heterocycles. The number of imidazole rings is 1. The molecule has 39 heavy (non-hydrogen) atoms. The van der Waals surface area contributed by atoms with Gasteiger partial charge in [-0.25, -0.2) is 10.1 Å². The van der Waals surface area contributed by atoms with Crippen LogP contribution in [0.2, 0.25) is 5.28 Å². The van der Waals surface area contributed by atoms with E-state index in [9.17, 15) is 24.2 Å². The molecule has 5 rings (SSSR count). The molecule has 4 aromatic rings. The lowest BCUT2D eigenvalue weighted by molar-refractivity contribution is -0.0331. The minimum Gasteiger partial charge on any atom is -0.387 e. The molecule has 5 unspecified atom stereocenters. The summed E-state index contributed by atoms with van der Waals surface area (Å²) in [5.74, 6) is -0.951. The summed E-state index contributed by atoms with van der Waals surface area (Å²) in [5.41, 5.74) is 1.52. The Morgan fingerprint density at radius 1 is 1.03 bits per heavy atom. The molecule has 3 heterocycles. The quantitative estimate of drug-likeness (QED) is 0.108. The number of rotatable bonds is 9. The van der Waals surface area contributed by atoms with Crippen LogP contribution in [0.1, 0.15) is 11.8 Å². The van der Waals surface area contributed by atoms with Crippen LogP contribution in [-0.4, -0.2) is 75.2 Å². The number of halogens is 1. The summed E-state index contributed by atoms with van der Waals surface area (Å²) in [6, 6.07) is 14.0. The molecule has 1 aliphatic rings. The zero-order valence-electron chi connectivity index (χ0n) is 20.1. The Kier molecular flexibility index (Phi) is 7.79. The first-order valence-electron chi connectivity index (χ1n) is 11.6. The first-order valence-corrected chi connectivity index (χ1v) is 15.7. The second-order valence-electron chi connectivity index (χ2n) is 9.12. The molecule has 0 amide bonds. The lowest BCUT2D eigenvalue weighted by atomic mass is 10.1. The van der Waals surface area contributed by atoms with E-state index in [1.54, 1.807) is 0 Å². The van der Waals surface area contributed by atoms with Crippen LogP contribution in [0, 0.1) is 0 Å². The second kappa shape index (κ2) is 10.8. The first kappa shape index (κ1) is 28.1. The maximum absolute atomic E-state index is 12.1. The van der Waals surface area contributed by atoms with E-state index in [1.807, 2.05) is 42.5 Å². The van der Waals surface area contributed by atoms with E-state index in [0.29, 0.717) is 17.9 Å². The number of fused-ring (bicyclic) bond motifs is 2. The number of ether oxygens (including phenoxy) is 1. The fourth-order valence-electron chi connectivity index (χ4n) is 4.39. The van der Waals surface area contributed by atoms with Crippen molar-refractivity contribution in [3.05, 3.63) is 59.6 Å². The summed E-state index contributed by atoms with van der Waals surface area (Å²) in [4.78, 5) is 40.5. The van der Waals surface area contributed by atoms with E-state index < -0.39 is 52.1 Å². The first-order chi connectivity index (χ1) is 18.4. The van der Waals surface area contributed by atoms with Crippen LogP contribution in [0.15, 0.2) is 48.8 Å². The molecule has 0 radical (unpaired) electrons. The molecule has 1 aliphatic heterocycles. The number of nitrogens with one attached hydrogen (secondary N) is 2. The van der Waals surface area contributed by atoms with Gasteiger partial charge in [0.15, 0.2) is 23.2 Å². The Morgan fingerprint density at radius 2 is 1.77 bits per heavy atom. The molecule has 0 saturated carbocycles.